The first-order valence-corrected chi connectivity index (χ1v) is 9.36. The Hall–Kier alpha value is -2.80. The van der Waals surface area contributed by atoms with Gasteiger partial charge in [-0.15, -0.1) is 0 Å². The number of pyridine rings is 1. The first-order valence-electron chi connectivity index (χ1n) is 9.36. The average molecular weight is 383 g/mol. The molecule has 0 radical (unpaired) electrons. The van der Waals surface area contributed by atoms with E-state index in [0.29, 0.717) is 36.3 Å². The molecule has 4 rings (SSSR count). The number of carbonyl (C=O) groups excluding carboxylic acids is 2. The zero-order chi connectivity index (χ0) is 19.7. The third-order valence-corrected chi connectivity index (χ3v) is 5.53. The van der Waals surface area contributed by atoms with Crippen LogP contribution < -0.4 is 10.6 Å². The highest BCUT2D eigenvalue weighted by molar-refractivity contribution is 5.99. The second-order valence-electron chi connectivity index (χ2n) is 7.23. The molecule has 1 aliphatic heterocycles. The zero-order valence-electron chi connectivity index (χ0n) is 15.5. The summed E-state index contributed by atoms with van der Waals surface area (Å²) in [6.07, 6.45) is 0. The van der Waals surface area contributed by atoms with Crippen molar-refractivity contribution in [3.05, 3.63) is 65.0 Å². The SMILES string of the molecule is CNC(=O)c1cc(C(=O)NC2[C@H]3COC[C@@H]23)cc([C@@H](CF)c2ccccc2)n1. The van der Waals surface area contributed by atoms with Crippen LogP contribution in [0.4, 0.5) is 4.39 Å². The second-order valence-corrected chi connectivity index (χ2v) is 7.23. The lowest BCUT2D eigenvalue weighted by molar-refractivity contribution is 0.0928. The minimum atomic E-state index is -0.681. The number of alkyl halides is 1. The summed E-state index contributed by atoms with van der Waals surface area (Å²) in [5.74, 6) is -0.610. The molecule has 6 nitrogen and oxygen atoms in total. The Morgan fingerprint density at radius 2 is 1.89 bits per heavy atom. The molecule has 4 atom stereocenters. The summed E-state index contributed by atoms with van der Waals surface area (Å²) in [5.41, 5.74) is 1.51. The van der Waals surface area contributed by atoms with Crippen LogP contribution in [-0.4, -0.2) is 49.8 Å². The molecule has 2 aliphatic rings. The maximum Gasteiger partial charge on any atom is 0.269 e. The number of nitrogens with zero attached hydrogens (tertiary/aromatic N) is 1. The van der Waals surface area contributed by atoms with Gasteiger partial charge in [-0.25, -0.2) is 4.98 Å². The molecule has 28 heavy (non-hydrogen) atoms. The van der Waals surface area contributed by atoms with Crippen molar-refractivity contribution in [2.45, 2.75) is 12.0 Å². The maximum absolute atomic E-state index is 13.9. The number of aromatic nitrogens is 1. The highest BCUT2D eigenvalue weighted by atomic mass is 19.1. The fourth-order valence-electron chi connectivity index (χ4n) is 3.82. The largest absolute Gasteiger partial charge is 0.381 e. The Labute approximate surface area is 162 Å². The van der Waals surface area contributed by atoms with E-state index in [-0.39, 0.29) is 17.6 Å². The van der Waals surface area contributed by atoms with Crippen molar-refractivity contribution >= 4 is 11.8 Å². The Morgan fingerprint density at radius 1 is 1.18 bits per heavy atom. The standard InChI is InChI=1S/C21H22FN3O3/c1-23-21(27)18-8-13(20(26)25-19-15-10-28-11-16(15)19)7-17(24-18)14(9-22)12-5-3-2-4-6-12/h2-8,14-16,19H,9-11H2,1H3,(H,23,27)(H,25,26)/t14-,15-,16+,19?/m0/s1. The summed E-state index contributed by atoms with van der Waals surface area (Å²) in [7, 11) is 1.49. The third kappa shape index (κ3) is 3.49. The highest BCUT2D eigenvalue weighted by Gasteiger charge is 2.54. The number of amides is 2. The van der Waals surface area contributed by atoms with Crippen molar-refractivity contribution in [1.82, 2.24) is 15.6 Å². The number of nitrogens with one attached hydrogen (secondary N) is 2. The molecule has 0 bridgehead atoms. The molecule has 1 saturated heterocycles. The summed E-state index contributed by atoms with van der Waals surface area (Å²) in [6.45, 7) is 0.649. The summed E-state index contributed by atoms with van der Waals surface area (Å²) >= 11 is 0. The normalized spacial score (nSPS) is 23.6. The molecule has 146 valence electrons. The average Bonchev–Trinajstić information content (AvgIpc) is 3.14. The lowest BCUT2D eigenvalue weighted by Crippen LogP contribution is -2.31. The molecular formula is C21H22FN3O3. The Morgan fingerprint density at radius 3 is 2.54 bits per heavy atom. The van der Waals surface area contributed by atoms with E-state index >= 15 is 0 Å². The minimum Gasteiger partial charge on any atom is -0.381 e. The number of hydrogen-bond acceptors (Lipinski definition) is 4. The van der Waals surface area contributed by atoms with E-state index in [9.17, 15) is 14.0 Å². The van der Waals surface area contributed by atoms with Gasteiger partial charge in [-0.05, 0) is 17.7 Å². The molecule has 2 aromatic rings. The molecule has 1 aromatic heterocycles. The maximum atomic E-state index is 13.9. The molecule has 2 heterocycles. The van der Waals surface area contributed by atoms with Gasteiger partial charge in [-0.2, -0.15) is 0 Å². The van der Waals surface area contributed by atoms with Crippen LogP contribution in [0.2, 0.25) is 0 Å². The first kappa shape index (κ1) is 18.6. The van der Waals surface area contributed by atoms with E-state index < -0.39 is 18.5 Å². The van der Waals surface area contributed by atoms with E-state index in [1.54, 1.807) is 6.07 Å². The zero-order valence-corrected chi connectivity index (χ0v) is 15.5. The van der Waals surface area contributed by atoms with Gasteiger partial charge in [-0.3, -0.25) is 14.0 Å². The number of benzene rings is 1. The van der Waals surface area contributed by atoms with Crippen LogP contribution in [0.25, 0.3) is 0 Å². The van der Waals surface area contributed by atoms with Crippen LogP contribution in [0, 0.1) is 11.8 Å². The van der Waals surface area contributed by atoms with Gasteiger partial charge in [-0.1, -0.05) is 30.3 Å². The quantitative estimate of drug-likeness (QED) is 0.799. The van der Waals surface area contributed by atoms with Crippen LogP contribution >= 0.6 is 0 Å². The summed E-state index contributed by atoms with van der Waals surface area (Å²) in [5, 5.41) is 5.52. The molecule has 2 amide bonds. The van der Waals surface area contributed by atoms with Crippen LogP contribution in [0.3, 0.4) is 0 Å². The number of halogens is 1. The lowest BCUT2D eigenvalue weighted by Gasteiger charge is -2.16. The fraction of sp³-hybridized carbons (Fsp3) is 0.381. The van der Waals surface area contributed by atoms with Gasteiger partial charge in [0.2, 0.25) is 0 Å². The summed E-state index contributed by atoms with van der Waals surface area (Å²) in [4.78, 5) is 29.3. The molecule has 2 N–H and O–H groups in total. The predicted octanol–water partition coefficient (Wildman–Crippen LogP) is 1.92. The Kier molecular flexibility index (Phi) is 5.09. The first-order chi connectivity index (χ1) is 13.6. The van der Waals surface area contributed by atoms with Crippen molar-refractivity contribution in [2.75, 3.05) is 26.9 Å². The topological polar surface area (TPSA) is 80.3 Å². The van der Waals surface area contributed by atoms with E-state index in [2.05, 4.69) is 15.6 Å². The number of hydrogen-bond donors (Lipinski definition) is 2. The van der Waals surface area contributed by atoms with Crippen LogP contribution in [0.1, 0.15) is 38.0 Å². The number of carbonyl (C=O) groups is 2. The second kappa shape index (κ2) is 7.67. The summed E-state index contributed by atoms with van der Waals surface area (Å²) in [6, 6.07) is 12.2. The third-order valence-electron chi connectivity index (χ3n) is 5.53. The smallest absolute Gasteiger partial charge is 0.269 e. The predicted molar refractivity (Wildman–Crippen MR) is 101 cm³/mol. The Balaban J connectivity index is 1.65. The van der Waals surface area contributed by atoms with Gasteiger partial charge < -0.3 is 15.4 Å². The van der Waals surface area contributed by atoms with Crippen molar-refractivity contribution in [2.24, 2.45) is 11.8 Å². The molecular weight excluding hydrogens is 361 g/mol. The number of rotatable bonds is 6. The van der Waals surface area contributed by atoms with Crippen molar-refractivity contribution in [3.8, 4) is 0 Å². The molecule has 1 saturated carbocycles. The Bertz CT molecular complexity index is 880. The molecule has 2 fully saturated rings. The molecule has 1 aliphatic carbocycles. The molecule has 0 spiro atoms. The monoisotopic (exact) mass is 383 g/mol. The van der Waals surface area contributed by atoms with E-state index in [0.717, 1.165) is 5.56 Å². The van der Waals surface area contributed by atoms with Crippen molar-refractivity contribution in [3.63, 3.8) is 0 Å². The van der Waals surface area contributed by atoms with Gasteiger partial charge in [0.1, 0.15) is 12.4 Å². The molecule has 7 heteroatoms. The highest BCUT2D eigenvalue weighted by Crippen LogP contribution is 2.44. The van der Waals surface area contributed by atoms with E-state index in [1.165, 1.54) is 13.1 Å². The van der Waals surface area contributed by atoms with Gasteiger partial charge in [0, 0.05) is 30.5 Å². The lowest BCUT2D eigenvalue weighted by atomic mass is 9.95. The number of ether oxygens (including phenoxy) is 1. The fourth-order valence-corrected chi connectivity index (χ4v) is 3.82. The molecule has 1 aromatic carbocycles. The number of fused-ring (bicyclic) bond motifs is 1. The van der Waals surface area contributed by atoms with Gasteiger partial charge >= 0.3 is 0 Å². The van der Waals surface area contributed by atoms with E-state index in [1.807, 2.05) is 30.3 Å². The van der Waals surface area contributed by atoms with Crippen LogP contribution in [0.15, 0.2) is 42.5 Å². The van der Waals surface area contributed by atoms with Crippen molar-refractivity contribution < 1.29 is 18.7 Å². The van der Waals surface area contributed by atoms with Gasteiger partial charge in [0.05, 0.1) is 24.8 Å². The van der Waals surface area contributed by atoms with Gasteiger partial charge in [0.25, 0.3) is 11.8 Å². The van der Waals surface area contributed by atoms with Gasteiger partial charge in [0.15, 0.2) is 0 Å². The van der Waals surface area contributed by atoms with E-state index in [4.69, 9.17) is 4.74 Å². The molecule has 1 unspecified atom stereocenters. The van der Waals surface area contributed by atoms with Crippen LogP contribution in [-0.2, 0) is 4.74 Å². The van der Waals surface area contributed by atoms with Crippen LogP contribution in [0.5, 0.6) is 0 Å². The van der Waals surface area contributed by atoms with Crippen molar-refractivity contribution in [1.29, 1.82) is 0 Å². The minimum absolute atomic E-state index is 0.0962. The summed E-state index contributed by atoms with van der Waals surface area (Å²) < 4.78 is 19.2.